The number of methoxy groups -OCH3 is 4. The Morgan fingerprint density at radius 1 is 0.885 bits per heavy atom. The lowest BCUT2D eigenvalue weighted by molar-refractivity contribution is -0.155. The van der Waals surface area contributed by atoms with Crippen molar-refractivity contribution in [2.24, 2.45) is 11.8 Å². The van der Waals surface area contributed by atoms with E-state index in [9.17, 15) is 9.90 Å². The number of rotatable bonds is 5. The molecule has 3 rings (SSSR count). The fourth-order valence-electron chi connectivity index (χ4n) is 4.69. The number of Topliss-reactive ketones (excluding diaryl/α,β-unsaturated/α-hetero) is 1. The third-order valence-electron chi connectivity index (χ3n) is 6.18. The number of ketones is 1. The Morgan fingerprint density at radius 3 is 2.19 bits per heavy atom. The molecule has 2 aliphatic carbocycles. The molecule has 7 unspecified atom stereocenters. The van der Waals surface area contributed by atoms with Crippen LogP contribution in [-0.4, -0.2) is 69.8 Å². The number of aliphatic hydroxyl groups is 1. The summed E-state index contributed by atoms with van der Waals surface area (Å²) in [5.74, 6) is -0.663. The average molecular weight is 370 g/mol. The molecule has 1 N–H and O–H groups in total. The summed E-state index contributed by atoms with van der Waals surface area (Å²) in [6, 6.07) is 0. The predicted molar refractivity (Wildman–Crippen MR) is 92.8 cm³/mol. The third kappa shape index (κ3) is 3.50. The third-order valence-corrected chi connectivity index (χ3v) is 6.18. The fraction of sp³-hybridized carbons (Fsp3) is 0.842. The normalized spacial score (nSPS) is 40.9. The van der Waals surface area contributed by atoms with Crippen molar-refractivity contribution in [3.63, 3.8) is 0 Å². The van der Waals surface area contributed by atoms with Gasteiger partial charge in [-0.2, -0.15) is 0 Å². The number of carbonyl (C=O) groups excluding carboxylic acids is 1. The van der Waals surface area contributed by atoms with Gasteiger partial charge in [-0.3, -0.25) is 4.79 Å². The van der Waals surface area contributed by atoms with E-state index < -0.39 is 5.92 Å². The van der Waals surface area contributed by atoms with E-state index in [0.717, 1.165) is 12.8 Å². The van der Waals surface area contributed by atoms with Crippen LogP contribution in [0.2, 0.25) is 0 Å². The van der Waals surface area contributed by atoms with Crippen LogP contribution in [0, 0.1) is 11.8 Å². The first-order valence-corrected chi connectivity index (χ1v) is 9.29. The quantitative estimate of drug-likeness (QED) is 0.792. The molecule has 0 spiro atoms. The summed E-state index contributed by atoms with van der Waals surface area (Å²) in [4.78, 5) is 12.9. The van der Waals surface area contributed by atoms with Crippen molar-refractivity contribution in [3.05, 3.63) is 11.5 Å². The summed E-state index contributed by atoms with van der Waals surface area (Å²) in [7, 11) is 6.57. The Kier molecular flexibility index (Phi) is 6.22. The van der Waals surface area contributed by atoms with Gasteiger partial charge in [-0.15, -0.1) is 0 Å². The highest BCUT2D eigenvalue weighted by Crippen LogP contribution is 2.42. The molecule has 148 valence electrons. The number of allylic oxidation sites excluding steroid dienone is 2. The largest absolute Gasteiger partial charge is 0.502 e. The molecule has 0 radical (unpaired) electrons. The predicted octanol–water partition coefficient (Wildman–Crippen LogP) is 1.99. The van der Waals surface area contributed by atoms with E-state index in [4.69, 9.17) is 23.7 Å². The zero-order chi connectivity index (χ0) is 18.8. The molecule has 0 aromatic carbocycles. The summed E-state index contributed by atoms with van der Waals surface area (Å²) in [6.45, 7) is 0. The average Bonchev–Trinajstić information content (AvgIpc) is 2.68. The lowest BCUT2D eigenvalue weighted by Gasteiger charge is -2.44. The highest BCUT2D eigenvalue weighted by atomic mass is 16.5. The van der Waals surface area contributed by atoms with Gasteiger partial charge in [0.1, 0.15) is 11.9 Å². The molecule has 7 heteroatoms. The molecule has 26 heavy (non-hydrogen) atoms. The maximum Gasteiger partial charge on any atom is 0.210 e. The smallest absolute Gasteiger partial charge is 0.210 e. The van der Waals surface area contributed by atoms with Crippen molar-refractivity contribution >= 4 is 5.78 Å². The molecular formula is C19H30O7. The molecule has 7 nitrogen and oxygen atoms in total. The fourth-order valence-corrected chi connectivity index (χ4v) is 4.69. The van der Waals surface area contributed by atoms with Crippen molar-refractivity contribution in [2.75, 3.05) is 28.4 Å². The van der Waals surface area contributed by atoms with E-state index in [-0.39, 0.29) is 48.0 Å². The molecule has 7 atom stereocenters. The Balaban J connectivity index is 1.82. The van der Waals surface area contributed by atoms with Crippen LogP contribution in [0.4, 0.5) is 0 Å². The van der Waals surface area contributed by atoms with E-state index in [1.54, 1.807) is 28.4 Å². The van der Waals surface area contributed by atoms with Crippen molar-refractivity contribution in [2.45, 2.75) is 62.6 Å². The zero-order valence-corrected chi connectivity index (χ0v) is 16.0. The van der Waals surface area contributed by atoms with Crippen LogP contribution in [0.3, 0.4) is 0 Å². The molecule has 0 saturated heterocycles. The van der Waals surface area contributed by atoms with Crippen molar-refractivity contribution < 1.29 is 33.6 Å². The first-order valence-electron chi connectivity index (χ1n) is 9.29. The van der Waals surface area contributed by atoms with Gasteiger partial charge in [0, 0.05) is 47.2 Å². The minimum absolute atomic E-state index is 0.0218. The summed E-state index contributed by atoms with van der Waals surface area (Å²) in [5.41, 5.74) is 0. The zero-order valence-electron chi connectivity index (χ0n) is 16.0. The maximum absolute atomic E-state index is 12.9. The number of carbonyl (C=O) groups is 1. The van der Waals surface area contributed by atoms with Gasteiger partial charge in [-0.05, 0) is 19.3 Å². The molecule has 0 bridgehead atoms. The lowest BCUT2D eigenvalue weighted by Crippen LogP contribution is -2.52. The summed E-state index contributed by atoms with van der Waals surface area (Å²) in [5, 5.41) is 10.6. The highest BCUT2D eigenvalue weighted by Gasteiger charge is 2.50. The molecule has 3 aliphatic rings. The Hall–Kier alpha value is -1.15. The van der Waals surface area contributed by atoms with Crippen LogP contribution >= 0.6 is 0 Å². The van der Waals surface area contributed by atoms with Gasteiger partial charge in [-0.1, -0.05) is 0 Å². The van der Waals surface area contributed by atoms with Gasteiger partial charge in [0.2, 0.25) is 5.78 Å². The van der Waals surface area contributed by atoms with Gasteiger partial charge < -0.3 is 28.8 Å². The first kappa shape index (κ1) is 19.6. The van der Waals surface area contributed by atoms with Crippen LogP contribution in [-0.2, 0) is 28.5 Å². The molecule has 0 aromatic heterocycles. The van der Waals surface area contributed by atoms with E-state index in [1.165, 1.54) is 0 Å². The van der Waals surface area contributed by atoms with Gasteiger partial charge in [0.05, 0.1) is 30.3 Å². The van der Waals surface area contributed by atoms with E-state index in [1.807, 2.05) is 0 Å². The molecule has 2 saturated carbocycles. The van der Waals surface area contributed by atoms with Crippen LogP contribution in [0.25, 0.3) is 0 Å². The van der Waals surface area contributed by atoms with Crippen LogP contribution in [0.15, 0.2) is 11.5 Å². The monoisotopic (exact) mass is 370 g/mol. The molecule has 0 amide bonds. The standard InChI is InChI=1S/C19H30O7/c1-22-11-8-14(25-4)16-15(9-11)26-19(18(21)17(16)20)10-5-6-12(23-2)13(7-10)24-3/h10-16,21H,5-9H2,1-4H3. The first-order chi connectivity index (χ1) is 12.5. The summed E-state index contributed by atoms with van der Waals surface area (Å²) >= 11 is 0. The second-order valence-corrected chi connectivity index (χ2v) is 7.42. The van der Waals surface area contributed by atoms with Crippen LogP contribution in [0.5, 0.6) is 0 Å². The Labute approximate surface area is 154 Å². The van der Waals surface area contributed by atoms with Crippen LogP contribution in [0.1, 0.15) is 32.1 Å². The van der Waals surface area contributed by atoms with Gasteiger partial charge in [-0.25, -0.2) is 0 Å². The van der Waals surface area contributed by atoms with Gasteiger partial charge in [0.15, 0.2) is 5.76 Å². The number of aliphatic hydroxyl groups excluding tert-OH is 1. The Morgan fingerprint density at radius 2 is 1.58 bits per heavy atom. The lowest BCUT2D eigenvalue weighted by atomic mass is 9.75. The summed E-state index contributed by atoms with van der Waals surface area (Å²) in [6.07, 6.45) is 2.74. The van der Waals surface area contributed by atoms with Crippen molar-refractivity contribution in [1.29, 1.82) is 0 Å². The van der Waals surface area contributed by atoms with Crippen LogP contribution < -0.4 is 0 Å². The Bertz CT molecular complexity index is 546. The summed E-state index contributed by atoms with van der Waals surface area (Å²) < 4.78 is 28.2. The topological polar surface area (TPSA) is 83.5 Å². The molecule has 0 aromatic rings. The second kappa shape index (κ2) is 8.25. The number of hydrogen-bond donors (Lipinski definition) is 1. The number of hydrogen-bond acceptors (Lipinski definition) is 7. The number of fused-ring (bicyclic) bond motifs is 1. The van der Waals surface area contributed by atoms with E-state index in [2.05, 4.69) is 0 Å². The maximum atomic E-state index is 12.9. The molecule has 2 fully saturated rings. The minimum atomic E-state index is -0.483. The molecular weight excluding hydrogens is 340 g/mol. The van der Waals surface area contributed by atoms with E-state index >= 15 is 0 Å². The second-order valence-electron chi connectivity index (χ2n) is 7.42. The van der Waals surface area contributed by atoms with Crippen molar-refractivity contribution in [1.82, 2.24) is 0 Å². The van der Waals surface area contributed by atoms with Crippen molar-refractivity contribution in [3.8, 4) is 0 Å². The number of ether oxygens (including phenoxy) is 5. The highest BCUT2D eigenvalue weighted by molar-refractivity contribution is 5.97. The minimum Gasteiger partial charge on any atom is -0.502 e. The SMILES string of the molecule is COC1CC(OC)C2C(=O)C(O)=C(C3CCC(OC)C(OC)C3)OC2C1. The van der Waals surface area contributed by atoms with Gasteiger partial charge in [0.25, 0.3) is 0 Å². The molecule has 1 aliphatic heterocycles. The molecule has 1 heterocycles. The van der Waals surface area contributed by atoms with E-state index in [0.29, 0.717) is 25.0 Å². The van der Waals surface area contributed by atoms with Gasteiger partial charge >= 0.3 is 0 Å².